The number of ether oxygens (including phenoxy) is 1. The van der Waals surface area contributed by atoms with E-state index >= 15 is 0 Å². The van der Waals surface area contributed by atoms with Crippen LogP contribution in [0.2, 0.25) is 0 Å². The summed E-state index contributed by atoms with van der Waals surface area (Å²) in [7, 11) is 0. The van der Waals surface area contributed by atoms with Gasteiger partial charge in [0.1, 0.15) is 23.2 Å². The van der Waals surface area contributed by atoms with Gasteiger partial charge in [-0.3, -0.25) is 14.4 Å². The van der Waals surface area contributed by atoms with Gasteiger partial charge in [0.2, 0.25) is 0 Å². The molecule has 0 saturated heterocycles. The van der Waals surface area contributed by atoms with Crippen molar-refractivity contribution in [2.24, 2.45) is 0 Å². The minimum absolute atomic E-state index is 0.0356. The van der Waals surface area contributed by atoms with Gasteiger partial charge in [0, 0.05) is 31.3 Å². The van der Waals surface area contributed by atoms with E-state index in [0.717, 1.165) is 35.8 Å². The van der Waals surface area contributed by atoms with Crippen molar-refractivity contribution in [2.45, 2.75) is 32.4 Å². The number of thiazole rings is 1. The molecule has 0 unspecified atom stereocenters. The number of aromatic amines is 1. The third kappa shape index (κ3) is 5.40. The molecule has 7 nitrogen and oxygen atoms in total. The van der Waals surface area contributed by atoms with Crippen LogP contribution in [0.4, 0.5) is 17.6 Å². The van der Waals surface area contributed by atoms with E-state index in [2.05, 4.69) is 31.7 Å². The molecule has 0 bridgehead atoms. The first kappa shape index (κ1) is 26.0. The molecule has 1 aliphatic rings. The second-order valence-corrected chi connectivity index (χ2v) is 10.3. The molecular weight excluding hydrogens is 548 g/mol. The van der Waals surface area contributed by atoms with Crippen LogP contribution in [0, 0.1) is 5.82 Å². The lowest BCUT2D eigenvalue weighted by atomic mass is 10.1. The van der Waals surface area contributed by atoms with Crippen molar-refractivity contribution in [3.8, 4) is 27.7 Å². The van der Waals surface area contributed by atoms with Crippen molar-refractivity contribution in [3.63, 3.8) is 0 Å². The van der Waals surface area contributed by atoms with E-state index in [4.69, 9.17) is 9.72 Å². The molecule has 0 amide bonds. The van der Waals surface area contributed by atoms with Gasteiger partial charge in [-0.05, 0) is 35.4 Å². The first-order valence-electron chi connectivity index (χ1n) is 12.2. The van der Waals surface area contributed by atoms with E-state index in [1.807, 2.05) is 12.1 Å². The third-order valence-corrected chi connectivity index (χ3v) is 7.64. The maximum atomic E-state index is 14.7. The molecule has 40 heavy (non-hydrogen) atoms. The largest absolute Gasteiger partial charge is 0.488 e. The van der Waals surface area contributed by atoms with Crippen LogP contribution in [-0.2, 0) is 32.4 Å². The van der Waals surface area contributed by atoms with E-state index in [-0.39, 0.29) is 23.7 Å². The predicted octanol–water partition coefficient (Wildman–Crippen LogP) is 6.41. The summed E-state index contributed by atoms with van der Waals surface area (Å²) in [5.74, 6) is -1.24. The molecule has 204 valence electrons. The Morgan fingerprint density at radius 3 is 2.38 bits per heavy atom. The van der Waals surface area contributed by atoms with Gasteiger partial charge < -0.3 is 4.74 Å². The van der Waals surface area contributed by atoms with Crippen LogP contribution < -0.4 is 10.5 Å². The Hall–Kier alpha value is -4.29. The Kier molecular flexibility index (Phi) is 6.72. The Bertz CT molecular complexity index is 1700. The van der Waals surface area contributed by atoms with E-state index < -0.39 is 23.3 Å². The van der Waals surface area contributed by atoms with Crippen molar-refractivity contribution in [1.82, 2.24) is 20.0 Å². The number of benzene rings is 3. The first-order valence-corrected chi connectivity index (χ1v) is 13.0. The molecular formula is C28H20F4N4O3S. The van der Waals surface area contributed by atoms with E-state index in [1.165, 1.54) is 46.7 Å². The molecule has 0 saturated carbocycles. The molecule has 0 atom stereocenters. The number of rotatable bonds is 7. The van der Waals surface area contributed by atoms with Crippen LogP contribution in [0.1, 0.15) is 27.3 Å². The summed E-state index contributed by atoms with van der Waals surface area (Å²) in [6.45, 7) is 2.09. The van der Waals surface area contributed by atoms with Crippen molar-refractivity contribution >= 4 is 11.3 Å². The lowest BCUT2D eigenvalue weighted by Gasteiger charge is -2.14. The molecule has 1 N–H and O–H groups in total. The Balaban J connectivity index is 1.25. The summed E-state index contributed by atoms with van der Waals surface area (Å²) in [4.78, 5) is 21.3. The fourth-order valence-electron chi connectivity index (χ4n) is 4.54. The normalized spacial score (nSPS) is 13.5. The molecule has 3 heterocycles. The quantitative estimate of drug-likeness (QED) is 0.229. The highest BCUT2D eigenvalue weighted by molar-refractivity contribution is 7.15. The van der Waals surface area contributed by atoms with Crippen molar-refractivity contribution < 1.29 is 26.8 Å². The van der Waals surface area contributed by atoms with Gasteiger partial charge in [0.05, 0.1) is 21.7 Å². The maximum absolute atomic E-state index is 14.7. The van der Waals surface area contributed by atoms with Gasteiger partial charge in [-0.15, -0.1) is 11.3 Å². The zero-order chi connectivity index (χ0) is 27.9. The van der Waals surface area contributed by atoms with Gasteiger partial charge in [-0.25, -0.2) is 14.2 Å². The molecule has 0 spiro atoms. The fraction of sp³-hybridized carbons (Fsp3) is 0.179. The second-order valence-electron chi connectivity index (χ2n) is 9.25. The number of nitrogens with zero attached hydrogens (tertiary/aromatic N) is 3. The Morgan fingerprint density at radius 2 is 1.75 bits per heavy atom. The maximum Gasteiger partial charge on any atom is 0.439 e. The standard InChI is InChI=1S/C28H20F4N4O3S/c29-22-11-20(9-10-21(22)25-34-27(37)39-35-25)38-15-24-23(14-36-12-17-3-1-2-4-18(17)13-36)33-26(40-24)16-5-7-19(8-6-16)28(30,31)32/h1-11H,12-15H2,(H,34,35,37). The number of hydrogen-bond donors (Lipinski definition) is 1. The van der Waals surface area contributed by atoms with E-state index in [9.17, 15) is 22.4 Å². The van der Waals surface area contributed by atoms with Crippen LogP contribution in [0.25, 0.3) is 22.0 Å². The SMILES string of the molecule is O=c1[nH]c(-c2ccc(OCc3sc(-c4ccc(C(F)(F)F)cc4)nc3CN3Cc4ccccc4C3)cc2F)no1. The highest BCUT2D eigenvalue weighted by Crippen LogP contribution is 2.35. The van der Waals surface area contributed by atoms with Gasteiger partial charge in [-0.1, -0.05) is 41.6 Å². The van der Waals surface area contributed by atoms with Crippen LogP contribution in [-0.4, -0.2) is 20.0 Å². The van der Waals surface area contributed by atoms with Gasteiger partial charge in [0.15, 0.2) is 5.82 Å². The molecule has 2 aromatic heterocycles. The van der Waals surface area contributed by atoms with Crippen molar-refractivity contribution in [2.75, 3.05) is 0 Å². The topological polar surface area (TPSA) is 84.3 Å². The van der Waals surface area contributed by atoms with Crippen molar-refractivity contribution in [1.29, 1.82) is 0 Å². The first-order chi connectivity index (χ1) is 19.2. The van der Waals surface area contributed by atoms with Gasteiger partial charge in [0.25, 0.3) is 0 Å². The Labute approximate surface area is 228 Å². The Morgan fingerprint density at radius 1 is 1.02 bits per heavy atom. The summed E-state index contributed by atoms with van der Waals surface area (Å²) < 4.78 is 64.2. The molecule has 5 aromatic rings. The molecule has 0 fully saturated rings. The highest BCUT2D eigenvalue weighted by atomic mass is 32.1. The number of H-pyrrole nitrogens is 1. The highest BCUT2D eigenvalue weighted by Gasteiger charge is 2.30. The van der Waals surface area contributed by atoms with Crippen LogP contribution >= 0.6 is 11.3 Å². The van der Waals surface area contributed by atoms with Crippen LogP contribution in [0.5, 0.6) is 5.75 Å². The number of hydrogen-bond acceptors (Lipinski definition) is 7. The number of halogens is 4. The molecule has 0 aliphatic carbocycles. The van der Waals surface area contributed by atoms with Crippen LogP contribution in [0.15, 0.2) is 76.0 Å². The lowest BCUT2D eigenvalue weighted by Crippen LogP contribution is -2.17. The second kappa shape index (κ2) is 10.4. The number of fused-ring (bicyclic) bond motifs is 1. The summed E-state index contributed by atoms with van der Waals surface area (Å²) in [6, 6.07) is 17.2. The van der Waals surface area contributed by atoms with Gasteiger partial charge in [-0.2, -0.15) is 13.2 Å². The summed E-state index contributed by atoms with van der Waals surface area (Å²) in [5, 5.41) is 4.06. The minimum Gasteiger partial charge on any atom is -0.488 e. The van der Waals surface area contributed by atoms with Crippen LogP contribution in [0.3, 0.4) is 0 Å². The summed E-state index contributed by atoms with van der Waals surface area (Å²) in [5.41, 5.74) is 3.10. The monoisotopic (exact) mass is 568 g/mol. The van der Waals surface area contributed by atoms with Gasteiger partial charge >= 0.3 is 11.9 Å². The average molecular weight is 569 g/mol. The van der Waals surface area contributed by atoms with Crippen molar-refractivity contribution in [3.05, 3.63) is 110 Å². The number of aromatic nitrogens is 3. The molecule has 1 aliphatic heterocycles. The number of nitrogens with one attached hydrogen (secondary N) is 1. The fourth-order valence-corrected chi connectivity index (χ4v) is 5.53. The number of alkyl halides is 3. The minimum atomic E-state index is -4.43. The van der Waals surface area contributed by atoms with E-state index in [1.54, 1.807) is 6.07 Å². The third-order valence-electron chi connectivity index (χ3n) is 6.52. The molecule has 3 aromatic carbocycles. The van der Waals surface area contributed by atoms with E-state index in [0.29, 0.717) is 17.1 Å². The summed E-state index contributed by atoms with van der Waals surface area (Å²) in [6.07, 6.45) is -4.43. The summed E-state index contributed by atoms with van der Waals surface area (Å²) >= 11 is 1.32. The molecule has 0 radical (unpaired) electrons. The molecule has 12 heteroatoms. The average Bonchev–Trinajstić information content (AvgIpc) is 3.65. The zero-order valence-electron chi connectivity index (χ0n) is 20.7. The lowest BCUT2D eigenvalue weighted by molar-refractivity contribution is -0.137. The molecule has 6 rings (SSSR count). The smallest absolute Gasteiger partial charge is 0.439 e. The zero-order valence-corrected chi connectivity index (χ0v) is 21.5. The predicted molar refractivity (Wildman–Crippen MR) is 139 cm³/mol.